The van der Waals surface area contributed by atoms with Gasteiger partial charge in [0.2, 0.25) is 0 Å². The van der Waals surface area contributed by atoms with Crippen molar-refractivity contribution in [2.45, 2.75) is 17.6 Å². The van der Waals surface area contributed by atoms with Crippen LogP contribution in [0.15, 0.2) is 146 Å². The van der Waals surface area contributed by atoms with Crippen molar-refractivity contribution in [2.75, 3.05) is 52.9 Å². The Morgan fingerprint density at radius 1 is 0.415 bits per heavy atom. The molecule has 0 bridgehead atoms. The fourth-order valence-electron chi connectivity index (χ4n) is 7.79. The van der Waals surface area contributed by atoms with E-state index < -0.39 is 5.41 Å². The van der Waals surface area contributed by atoms with Gasteiger partial charge in [-0.3, -0.25) is 0 Å². The minimum atomic E-state index is -0.807. The standard InChI is InChI=1S/C47H42O6/c1-3-13-33(14-4-1)37-19-11-23-43(45(37)50-27-25-48-29-35-31-52-35)47(41-21-9-7-17-39(41)40-18-8-10-22-42(40)47)44-24-12-20-38(34-15-5-2-6-16-34)46(44)51-28-26-49-30-36-32-53-36/h1-24,35-36H,25-32H2. The number of hydrogen-bond acceptors (Lipinski definition) is 6. The Morgan fingerprint density at radius 2 is 0.792 bits per heavy atom. The smallest absolute Gasteiger partial charge is 0.132 e. The van der Waals surface area contributed by atoms with Gasteiger partial charge in [-0.1, -0.05) is 146 Å². The molecule has 9 rings (SSSR count). The zero-order chi connectivity index (χ0) is 35.5. The van der Waals surface area contributed by atoms with Gasteiger partial charge in [0, 0.05) is 22.3 Å². The molecule has 0 saturated carbocycles. The lowest BCUT2D eigenvalue weighted by Crippen LogP contribution is -2.31. The Kier molecular flexibility index (Phi) is 9.51. The van der Waals surface area contributed by atoms with Crippen LogP contribution >= 0.6 is 0 Å². The first-order valence-electron chi connectivity index (χ1n) is 18.5. The normalized spacial score (nSPS) is 17.5. The van der Waals surface area contributed by atoms with Gasteiger partial charge in [-0.25, -0.2) is 0 Å². The zero-order valence-electron chi connectivity index (χ0n) is 29.6. The van der Waals surface area contributed by atoms with E-state index in [0.29, 0.717) is 39.6 Å². The van der Waals surface area contributed by atoms with E-state index in [4.69, 9.17) is 28.4 Å². The maximum absolute atomic E-state index is 6.97. The van der Waals surface area contributed by atoms with Crippen LogP contribution in [0.5, 0.6) is 11.5 Å². The van der Waals surface area contributed by atoms with Crippen LogP contribution in [0.2, 0.25) is 0 Å². The van der Waals surface area contributed by atoms with E-state index in [1.54, 1.807) is 0 Å². The second kappa shape index (κ2) is 15.0. The fourth-order valence-corrected chi connectivity index (χ4v) is 7.79. The van der Waals surface area contributed by atoms with Gasteiger partial charge in [0.25, 0.3) is 0 Å². The lowest BCUT2D eigenvalue weighted by atomic mass is 9.66. The number of hydrogen-bond donors (Lipinski definition) is 0. The van der Waals surface area contributed by atoms with Crippen LogP contribution in [-0.4, -0.2) is 65.1 Å². The molecule has 0 spiro atoms. The number of benzene rings is 6. The first-order valence-corrected chi connectivity index (χ1v) is 18.5. The van der Waals surface area contributed by atoms with Gasteiger partial charge in [-0.05, 0) is 33.4 Å². The minimum absolute atomic E-state index is 0.194. The Bertz CT molecular complexity index is 2020. The van der Waals surface area contributed by atoms with E-state index >= 15 is 0 Å². The van der Waals surface area contributed by atoms with Crippen molar-refractivity contribution in [1.29, 1.82) is 0 Å². The van der Waals surface area contributed by atoms with E-state index in [1.807, 2.05) is 12.1 Å². The summed E-state index contributed by atoms with van der Waals surface area (Å²) in [7, 11) is 0. The molecule has 0 N–H and O–H groups in total. The van der Waals surface area contributed by atoms with Crippen molar-refractivity contribution < 1.29 is 28.4 Å². The summed E-state index contributed by atoms with van der Waals surface area (Å²) in [6.45, 7) is 4.35. The molecular weight excluding hydrogens is 661 g/mol. The molecule has 2 saturated heterocycles. The second-order valence-electron chi connectivity index (χ2n) is 13.7. The molecule has 2 unspecified atom stereocenters. The predicted molar refractivity (Wildman–Crippen MR) is 207 cm³/mol. The molecular formula is C47H42O6. The average Bonchev–Trinajstić information content (AvgIpc) is 4.17. The molecule has 1 aliphatic carbocycles. The van der Waals surface area contributed by atoms with Gasteiger partial charge >= 0.3 is 0 Å². The Morgan fingerprint density at radius 3 is 1.23 bits per heavy atom. The number of para-hydroxylation sites is 2. The van der Waals surface area contributed by atoms with Gasteiger partial charge in [0.05, 0.1) is 45.1 Å². The largest absolute Gasteiger partial charge is 0.490 e. The SMILES string of the molecule is c1ccc(-c2cccc(C3(c4cccc(-c5ccccc5)c4OCCOCC4CO4)c4ccccc4-c4ccccc43)c2OCCOCC2CO2)cc1. The zero-order valence-corrected chi connectivity index (χ0v) is 29.6. The summed E-state index contributed by atoms with van der Waals surface area (Å²) in [4.78, 5) is 0. The summed E-state index contributed by atoms with van der Waals surface area (Å²) in [6, 6.07) is 51.6. The highest BCUT2D eigenvalue weighted by Gasteiger charge is 2.50. The molecule has 6 aromatic rings. The second-order valence-corrected chi connectivity index (χ2v) is 13.7. The highest BCUT2D eigenvalue weighted by molar-refractivity contribution is 5.90. The van der Waals surface area contributed by atoms with Gasteiger partial charge in [-0.2, -0.15) is 0 Å². The molecule has 2 aliphatic heterocycles. The number of ether oxygens (including phenoxy) is 6. The molecule has 3 aliphatic rings. The monoisotopic (exact) mass is 702 g/mol. The predicted octanol–water partition coefficient (Wildman–Crippen LogP) is 8.97. The van der Waals surface area contributed by atoms with Crippen LogP contribution < -0.4 is 9.47 Å². The Labute approximate surface area is 310 Å². The summed E-state index contributed by atoms with van der Waals surface area (Å²) >= 11 is 0. The van der Waals surface area contributed by atoms with Crippen molar-refractivity contribution in [1.82, 2.24) is 0 Å². The summed E-state index contributed by atoms with van der Waals surface area (Å²) in [5.74, 6) is 1.64. The van der Waals surface area contributed by atoms with Crippen LogP contribution in [0.4, 0.5) is 0 Å². The Hall–Kier alpha value is -5.24. The van der Waals surface area contributed by atoms with Gasteiger partial charge in [0.15, 0.2) is 0 Å². The molecule has 2 fully saturated rings. The van der Waals surface area contributed by atoms with Crippen LogP contribution in [0.25, 0.3) is 33.4 Å². The number of fused-ring (bicyclic) bond motifs is 3. The molecule has 0 aromatic heterocycles. The lowest BCUT2D eigenvalue weighted by molar-refractivity contribution is 0.0871. The van der Waals surface area contributed by atoms with Crippen LogP contribution in [0.3, 0.4) is 0 Å². The van der Waals surface area contributed by atoms with E-state index in [9.17, 15) is 0 Å². The van der Waals surface area contributed by atoms with Crippen molar-refractivity contribution in [3.8, 4) is 44.9 Å². The van der Waals surface area contributed by atoms with E-state index in [0.717, 1.165) is 58.1 Å². The molecule has 266 valence electrons. The lowest BCUT2D eigenvalue weighted by Gasteiger charge is -2.37. The Balaban J connectivity index is 1.27. The van der Waals surface area contributed by atoms with Crippen LogP contribution in [0.1, 0.15) is 22.3 Å². The topological polar surface area (TPSA) is 62.0 Å². The quantitative estimate of drug-likeness (QED) is 0.0741. The maximum Gasteiger partial charge on any atom is 0.132 e. The highest BCUT2D eigenvalue weighted by Crippen LogP contribution is 2.61. The van der Waals surface area contributed by atoms with Crippen LogP contribution in [0, 0.1) is 0 Å². The fraction of sp³-hybridized carbons (Fsp3) is 0.234. The van der Waals surface area contributed by atoms with Crippen molar-refractivity contribution >= 4 is 0 Å². The number of rotatable bonds is 16. The highest BCUT2D eigenvalue weighted by atomic mass is 16.6. The molecule has 6 nitrogen and oxygen atoms in total. The van der Waals surface area contributed by atoms with Crippen LogP contribution in [-0.2, 0) is 24.4 Å². The molecule has 0 amide bonds. The molecule has 53 heavy (non-hydrogen) atoms. The molecule has 2 atom stereocenters. The summed E-state index contributed by atoms with van der Waals surface area (Å²) < 4.78 is 36.7. The number of epoxide rings is 2. The van der Waals surface area contributed by atoms with E-state index in [-0.39, 0.29) is 12.2 Å². The van der Waals surface area contributed by atoms with Crippen molar-refractivity contribution in [3.63, 3.8) is 0 Å². The van der Waals surface area contributed by atoms with Gasteiger partial charge < -0.3 is 28.4 Å². The third-order valence-corrected chi connectivity index (χ3v) is 10.3. The molecule has 6 aromatic carbocycles. The third-order valence-electron chi connectivity index (χ3n) is 10.3. The molecule has 6 heteroatoms. The van der Waals surface area contributed by atoms with E-state index in [2.05, 4.69) is 133 Å². The van der Waals surface area contributed by atoms with Gasteiger partial charge in [-0.15, -0.1) is 0 Å². The van der Waals surface area contributed by atoms with Gasteiger partial charge in [0.1, 0.15) is 36.9 Å². The molecule has 2 heterocycles. The third kappa shape index (κ3) is 6.64. The molecule has 0 radical (unpaired) electrons. The maximum atomic E-state index is 6.97. The summed E-state index contributed by atoms with van der Waals surface area (Å²) in [6.07, 6.45) is 0.388. The summed E-state index contributed by atoms with van der Waals surface area (Å²) in [5, 5.41) is 0. The minimum Gasteiger partial charge on any atom is -0.490 e. The average molecular weight is 703 g/mol. The summed E-state index contributed by atoms with van der Waals surface area (Å²) in [5.41, 5.74) is 10.2. The van der Waals surface area contributed by atoms with Crippen molar-refractivity contribution in [2.24, 2.45) is 0 Å². The first-order chi connectivity index (χ1) is 26.3. The van der Waals surface area contributed by atoms with Crippen molar-refractivity contribution in [3.05, 3.63) is 168 Å². The van der Waals surface area contributed by atoms with E-state index in [1.165, 1.54) is 22.3 Å². The first kappa shape index (κ1) is 33.6.